The number of allylic oxidation sites excluding steroid dienone is 7. The van der Waals surface area contributed by atoms with E-state index in [0.717, 1.165) is 45.9 Å². The van der Waals surface area contributed by atoms with Gasteiger partial charge in [0.1, 0.15) is 0 Å². The lowest BCUT2D eigenvalue weighted by molar-refractivity contribution is 0.720. The fourth-order valence-corrected chi connectivity index (χ4v) is 9.13. The van der Waals surface area contributed by atoms with E-state index in [1.165, 1.54) is 38.9 Å². The van der Waals surface area contributed by atoms with Crippen molar-refractivity contribution in [2.45, 2.75) is 38.0 Å². The summed E-state index contributed by atoms with van der Waals surface area (Å²) in [5.74, 6) is 0. The maximum Gasteiger partial charge on any atom is 0.0851 e. The van der Waals surface area contributed by atoms with Gasteiger partial charge in [0.05, 0.1) is 22.2 Å². The third kappa shape index (κ3) is 7.35. The number of benzene rings is 6. The van der Waals surface area contributed by atoms with Crippen LogP contribution in [-0.4, -0.2) is 10.7 Å². The highest BCUT2D eigenvalue weighted by atomic mass is 14.8. The standard InChI is InChI=1S/C57H50N2/c1-5-6-7-8-24-39-56(45-25-14-9-15-26-45,46-27-16-10-17-28-46)52-37-35-50(58-52)55(54-43(3)40-42(2)41-44(54)4)51-36-38-53(59-51)57(47-29-18-11-19-30-47,48-31-20-12-21-32-48)49-33-22-13-23-34-49/h5-7,9-41,59H,1,8H2,2-4H3/b7-6-,39-24+,55-50?. The molecule has 7 aromatic rings. The summed E-state index contributed by atoms with van der Waals surface area (Å²) in [6.45, 7) is 10.5. The second-order valence-electron chi connectivity index (χ2n) is 15.3. The molecule has 0 amide bonds. The highest BCUT2D eigenvalue weighted by Crippen LogP contribution is 2.46. The molecule has 0 saturated carbocycles. The summed E-state index contributed by atoms with van der Waals surface area (Å²) < 4.78 is 0. The van der Waals surface area contributed by atoms with E-state index in [-0.39, 0.29) is 0 Å². The van der Waals surface area contributed by atoms with Gasteiger partial charge in [0.2, 0.25) is 0 Å². The summed E-state index contributed by atoms with van der Waals surface area (Å²) in [7, 11) is 0. The van der Waals surface area contributed by atoms with Crippen molar-refractivity contribution in [3.8, 4) is 0 Å². The highest BCUT2D eigenvalue weighted by molar-refractivity contribution is 6.11. The van der Waals surface area contributed by atoms with Gasteiger partial charge in [-0.3, -0.25) is 4.99 Å². The molecule has 0 saturated heterocycles. The lowest BCUT2D eigenvalue weighted by atomic mass is 9.67. The van der Waals surface area contributed by atoms with E-state index >= 15 is 0 Å². The molecular formula is C57H50N2. The van der Waals surface area contributed by atoms with Crippen molar-refractivity contribution in [2.75, 3.05) is 0 Å². The molecule has 2 nitrogen and oxygen atoms in total. The molecule has 8 rings (SSSR count). The number of hydrogen-bond acceptors (Lipinski definition) is 1. The largest absolute Gasteiger partial charge is 0.357 e. The van der Waals surface area contributed by atoms with Crippen molar-refractivity contribution in [1.29, 1.82) is 0 Å². The summed E-state index contributed by atoms with van der Waals surface area (Å²) in [5, 5.41) is 0. The van der Waals surface area contributed by atoms with E-state index < -0.39 is 10.8 Å². The molecule has 2 heteroatoms. The van der Waals surface area contributed by atoms with Crippen LogP contribution in [0.2, 0.25) is 0 Å². The van der Waals surface area contributed by atoms with Gasteiger partial charge in [0, 0.05) is 17.0 Å². The summed E-state index contributed by atoms with van der Waals surface area (Å²) >= 11 is 0. The maximum atomic E-state index is 5.71. The zero-order valence-electron chi connectivity index (χ0n) is 34.1. The zero-order chi connectivity index (χ0) is 40.7. The molecule has 0 fully saturated rings. The van der Waals surface area contributed by atoms with E-state index in [1.807, 2.05) is 12.2 Å². The number of nitrogens with zero attached hydrogens (tertiary/aromatic N) is 1. The first-order valence-electron chi connectivity index (χ1n) is 20.5. The van der Waals surface area contributed by atoms with Crippen LogP contribution in [0.3, 0.4) is 0 Å². The van der Waals surface area contributed by atoms with Gasteiger partial charge in [-0.25, -0.2) is 0 Å². The number of H-pyrrole nitrogens is 1. The zero-order valence-corrected chi connectivity index (χ0v) is 34.1. The first kappa shape index (κ1) is 38.8. The Balaban J connectivity index is 1.40. The summed E-state index contributed by atoms with van der Waals surface area (Å²) in [5.41, 5.74) is 14.5. The van der Waals surface area contributed by atoms with Crippen molar-refractivity contribution < 1.29 is 0 Å². The second-order valence-corrected chi connectivity index (χ2v) is 15.3. The first-order chi connectivity index (χ1) is 29.0. The Bertz CT molecular complexity index is 2530. The average molecular weight is 763 g/mol. The molecular weight excluding hydrogens is 713 g/mol. The fraction of sp³-hybridized carbons (Fsp3) is 0.105. The van der Waals surface area contributed by atoms with E-state index in [9.17, 15) is 0 Å². The number of aromatic nitrogens is 1. The Labute approximate surface area is 350 Å². The lowest BCUT2D eigenvalue weighted by Crippen LogP contribution is -2.33. The molecule has 6 aromatic carbocycles. The minimum Gasteiger partial charge on any atom is -0.357 e. The van der Waals surface area contributed by atoms with Crippen molar-refractivity contribution >= 4 is 11.3 Å². The molecule has 0 bridgehead atoms. The normalized spacial score (nSPS) is 13.9. The van der Waals surface area contributed by atoms with Crippen LogP contribution in [0.1, 0.15) is 67.9 Å². The molecule has 0 spiro atoms. The number of aromatic amines is 1. The topological polar surface area (TPSA) is 28.1 Å². The molecule has 0 radical (unpaired) electrons. The minimum absolute atomic E-state index is 0.615. The van der Waals surface area contributed by atoms with Crippen molar-refractivity contribution in [2.24, 2.45) is 4.99 Å². The predicted octanol–water partition coefficient (Wildman–Crippen LogP) is 13.8. The quantitative estimate of drug-likeness (QED) is 0.0688. The monoisotopic (exact) mass is 762 g/mol. The van der Waals surface area contributed by atoms with Gasteiger partial charge in [-0.05, 0) is 96.0 Å². The molecule has 59 heavy (non-hydrogen) atoms. The van der Waals surface area contributed by atoms with E-state index in [2.05, 4.69) is 239 Å². The SMILES string of the molecule is C=C/C=C\C/C=C/C(C1=NC(=C(c2ccc(C(c3ccccc3)(c3ccccc3)c3ccccc3)[nH]2)c2c(C)cc(C)cc2C)C=C1)(c1ccccc1)c1ccccc1. The summed E-state index contributed by atoms with van der Waals surface area (Å²) in [4.78, 5) is 9.79. The van der Waals surface area contributed by atoms with Crippen molar-refractivity contribution in [3.05, 3.63) is 292 Å². The van der Waals surface area contributed by atoms with Crippen molar-refractivity contribution in [1.82, 2.24) is 4.98 Å². The first-order valence-corrected chi connectivity index (χ1v) is 20.5. The van der Waals surface area contributed by atoms with Crippen LogP contribution in [0, 0.1) is 20.8 Å². The molecule has 288 valence electrons. The Morgan fingerprint density at radius 2 is 1.05 bits per heavy atom. The fourth-order valence-electron chi connectivity index (χ4n) is 9.13. The third-order valence-corrected chi connectivity index (χ3v) is 11.6. The summed E-state index contributed by atoms with van der Waals surface area (Å²) in [6.07, 6.45) is 15.8. The van der Waals surface area contributed by atoms with Gasteiger partial charge < -0.3 is 4.98 Å². The number of nitrogens with one attached hydrogen (secondary N) is 1. The Morgan fingerprint density at radius 3 is 1.53 bits per heavy atom. The van der Waals surface area contributed by atoms with E-state index in [0.29, 0.717) is 0 Å². The van der Waals surface area contributed by atoms with E-state index in [1.54, 1.807) is 0 Å². The molecule has 0 aliphatic carbocycles. The van der Waals surface area contributed by atoms with Crippen LogP contribution in [0.5, 0.6) is 0 Å². The molecule has 0 unspecified atom stereocenters. The Morgan fingerprint density at radius 1 is 0.576 bits per heavy atom. The van der Waals surface area contributed by atoms with Crippen LogP contribution in [0.25, 0.3) is 5.57 Å². The van der Waals surface area contributed by atoms with Gasteiger partial charge in [-0.1, -0.05) is 206 Å². The predicted molar refractivity (Wildman–Crippen MR) is 249 cm³/mol. The van der Waals surface area contributed by atoms with Gasteiger partial charge in [0.25, 0.3) is 0 Å². The molecule has 1 N–H and O–H groups in total. The van der Waals surface area contributed by atoms with Gasteiger partial charge in [-0.15, -0.1) is 0 Å². The van der Waals surface area contributed by atoms with Crippen LogP contribution in [0.4, 0.5) is 0 Å². The highest BCUT2D eigenvalue weighted by Gasteiger charge is 2.41. The number of rotatable bonds is 13. The van der Waals surface area contributed by atoms with Crippen LogP contribution < -0.4 is 0 Å². The Kier molecular flexibility index (Phi) is 11.3. The maximum absolute atomic E-state index is 5.71. The third-order valence-electron chi connectivity index (χ3n) is 11.6. The lowest BCUT2D eigenvalue weighted by Gasteiger charge is -2.35. The average Bonchev–Trinajstić information content (AvgIpc) is 3.97. The number of aryl methyl sites for hydroxylation is 3. The number of aliphatic imine (C=N–C) groups is 1. The molecule has 1 aliphatic rings. The minimum atomic E-state index is -0.644. The molecule has 1 aromatic heterocycles. The molecule has 0 atom stereocenters. The van der Waals surface area contributed by atoms with Crippen LogP contribution in [-0.2, 0) is 10.8 Å². The van der Waals surface area contributed by atoms with E-state index in [4.69, 9.17) is 4.99 Å². The number of hydrogen-bond donors (Lipinski definition) is 1. The van der Waals surface area contributed by atoms with Gasteiger partial charge >= 0.3 is 0 Å². The second kappa shape index (κ2) is 17.2. The smallest absolute Gasteiger partial charge is 0.0851 e. The van der Waals surface area contributed by atoms with Gasteiger partial charge in [-0.2, -0.15) is 0 Å². The van der Waals surface area contributed by atoms with Crippen molar-refractivity contribution in [3.63, 3.8) is 0 Å². The molecule has 1 aliphatic heterocycles. The van der Waals surface area contributed by atoms with Gasteiger partial charge in [0.15, 0.2) is 0 Å². The Hall–Kier alpha value is -7.03. The van der Waals surface area contributed by atoms with Crippen LogP contribution >= 0.6 is 0 Å². The van der Waals surface area contributed by atoms with Crippen LogP contribution in [0.15, 0.2) is 236 Å². The molecule has 2 heterocycles. The summed E-state index contributed by atoms with van der Waals surface area (Å²) in [6, 6.07) is 63.3.